The molecule has 0 radical (unpaired) electrons. The van der Waals surface area contributed by atoms with Crippen LogP contribution in [0.3, 0.4) is 0 Å². The van der Waals surface area contributed by atoms with Crippen LogP contribution in [0.15, 0.2) is 0 Å². The fourth-order valence-corrected chi connectivity index (χ4v) is 0. The maximum absolute atomic E-state index is 0. The minimum absolute atomic E-state index is 0. The fraction of sp³-hybridized carbons (Fsp3) is 0. The van der Waals surface area contributed by atoms with Gasteiger partial charge in [0.05, 0.1) is 0 Å². The molecule has 0 aromatic heterocycles. The van der Waals surface area contributed by atoms with Gasteiger partial charge in [0.15, 0.2) is 0 Å². The standard InChI is InChI=1S/Fe.Mo.2O.Ti/q;;2*-2;+4. The van der Waals surface area contributed by atoms with Crippen LogP contribution < -0.4 is 0 Å². The summed E-state index contributed by atoms with van der Waals surface area (Å²) >= 11 is 0. The van der Waals surface area contributed by atoms with E-state index >= 15 is 0 Å². The molecule has 0 rings (SSSR count). The first kappa shape index (κ1) is 68.8. The average molecular weight is 232 g/mol. The predicted octanol–water partition coefficient (Wildman–Crippen LogP) is -0.245. The van der Waals surface area contributed by atoms with Crippen molar-refractivity contribution < 1.29 is 70.8 Å². The van der Waals surface area contributed by atoms with E-state index in [2.05, 4.69) is 0 Å². The third kappa shape index (κ3) is 25.4. The van der Waals surface area contributed by atoms with E-state index in [4.69, 9.17) is 0 Å². The Hall–Kier alpha value is 1.84. The second-order valence-corrected chi connectivity index (χ2v) is 0. The van der Waals surface area contributed by atoms with E-state index in [-0.39, 0.29) is 70.8 Å². The Morgan fingerprint density at radius 2 is 0.800 bits per heavy atom. The van der Waals surface area contributed by atoms with Crippen LogP contribution in [-0.4, -0.2) is 0 Å². The molecule has 0 N–H and O–H groups in total. The molecule has 0 aliphatic heterocycles. The maximum atomic E-state index is 0. The Morgan fingerprint density at radius 1 is 0.800 bits per heavy atom. The third-order valence-corrected chi connectivity index (χ3v) is 0. The van der Waals surface area contributed by atoms with E-state index in [0.717, 1.165) is 0 Å². The first-order valence-corrected chi connectivity index (χ1v) is 0. The predicted molar refractivity (Wildman–Crippen MR) is 1.37 cm³/mol. The summed E-state index contributed by atoms with van der Waals surface area (Å²) in [5, 5.41) is 0. The summed E-state index contributed by atoms with van der Waals surface area (Å²) in [5.41, 5.74) is 0. The monoisotopic (exact) mass is 234 g/mol. The van der Waals surface area contributed by atoms with E-state index in [1.54, 1.807) is 0 Å². The first-order chi connectivity index (χ1) is 0. The molecule has 0 saturated carbocycles. The Bertz CT molecular complexity index is 9.61. The molecule has 0 unspecified atom stereocenters. The molecule has 0 aromatic rings. The van der Waals surface area contributed by atoms with Gasteiger partial charge in [-0.15, -0.1) is 0 Å². The zero-order chi connectivity index (χ0) is 0. The Balaban J connectivity index is 0. The summed E-state index contributed by atoms with van der Waals surface area (Å²) in [5.74, 6) is 0. The molecule has 0 spiro atoms. The third-order valence-electron chi connectivity index (χ3n) is 0. The molecule has 0 bridgehead atoms. The molecule has 0 amide bonds. The molecule has 0 aliphatic carbocycles. The van der Waals surface area contributed by atoms with Crippen molar-refractivity contribution in [2.24, 2.45) is 0 Å². The molecular weight excluding hydrogens is 232 g/mol. The molecule has 0 saturated heterocycles. The van der Waals surface area contributed by atoms with Gasteiger partial charge >= 0.3 is 21.7 Å². The average Bonchev–Trinajstić information content (AvgIpc) is 0. The zero-order valence-electron chi connectivity index (χ0n) is 2.08. The normalized spacial score (nSPS) is 0. The van der Waals surface area contributed by atoms with Crippen LogP contribution in [-0.2, 0) is 70.8 Å². The Labute approximate surface area is 70.3 Å². The molecule has 0 atom stereocenters. The van der Waals surface area contributed by atoms with Crippen molar-refractivity contribution in [2.45, 2.75) is 0 Å². The molecule has 0 heterocycles. The van der Waals surface area contributed by atoms with Crippen LogP contribution >= 0.6 is 0 Å². The van der Waals surface area contributed by atoms with Crippen molar-refractivity contribution in [3.63, 3.8) is 0 Å². The van der Waals surface area contributed by atoms with Gasteiger partial charge in [-0.05, 0) is 0 Å². The molecular formula is FeMoO2Ti. The number of hydrogen-bond donors (Lipinski definition) is 0. The molecule has 0 aromatic carbocycles. The minimum Gasteiger partial charge on any atom is -2.00 e. The minimum atomic E-state index is 0. The van der Waals surface area contributed by atoms with Crippen LogP contribution in [0.5, 0.6) is 0 Å². The molecule has 5 heteroatoms. The molecule has 5 heavy (non-hydrogen) atoms. The van der Waals surface area contributed by atoms with Crippen LogP contribution in [0.4, 0.5) is 0 Å². The van der Waals surface area contributed by atoms with Gasteiger partial charge in [0, 0.05) is 38.1 Å². The van der Waals surface area contributed by atoms with Crippen LogP contribution in [0.1, 0.15) is 0 Å². The van der Waals surface area contributed by atoms with Gasteiger partial charge < -0.3 is 11.0 Å². The van der Waals surface area contributed by atoms with Gasteiger partial charge in [0.1, 0.15) is 0 Å². The summed E-state index contributed by atoms with van der Waals surface area (Å²) in [7, 11) is 0. The smallest absolute Gasteiger partial charge is 2.00 e. The van der Waals surface area contributed by atoms with Crippen molar-refractivity contribution in [1.82, 2.24) is 0 Å². The van der Waals surface area contributed by atoms with E-state index in [1.165, 1.54) is 0 Å². The van der Waals surface area contributed by atoms with Crippen LogP contribution in [0.25, 0.3) is 0 Å². The first-order valence-electron chi connectivity index (χ1n) is 0. The second-order valence-electron chi connectivity index (χ2n) is 0. The van der Waals surface area contributed by atoms with Crippen molar-refractivity contribution in [1.29, 1.82) is 0 Å². The topological polar surface area (TPSA) is 57.0 Å². The zero-order valence-corrected chi connectivity index (χ0v) is 6.75. The summed E-state index contributed by atoms with van der Waals surface area (Å²) in [6.45, 7) is 0. The van der Waals surface area contributed by atoms with Crippen molar-refractivity contribution in [3.05, 3.63) is 0 Å². The molecule has 30 valence electrons. The largest absolute Gasteiger partial charge is 4.00 e. The van der Waals surface area contributed by atoms with E-state index in [1.807, 2.05) is 0 Å². The Kier molecular flexibility index (Phi) is 556. The SMILES string of the molecule is [Fe].[Mo].[O-2].[O-2].[Ti+4]. The summed E-state index contributed by atoms with van der Waals surface area (Å²) in [6, 6.07) is 0. The molecule has 2 nitrogen and oxygen atoms in total. The van der Waals surface area contributed by atoms with Crippen LogP contribution in [0, 0.1) is 0 Å². The second kappa shape index (κ2) is 40.4. The van der Waals surface area contributed by atoms with Crippen molar-refractivity contribution in [3.8, 4) is 0 Å². The van der Waals surface area contributed by atoms with Gasteiger partial charge in [-0.2, -0.15) is 0 Å². The van der Waals surface area contributed by atoms with E-state index in [9.17, 15) is 0 Å². The number of hydrogen-bond acceptors (Lipinski definition) is 0. The van der Waals surface area contributed by atoms with Crippen molar-refractivity contribution >= 4 is 0 Å². The van der Waals surface area contributed by atoms with E-state index < -0.39 is 0 Å². The fourth-order valence-electron chi connectivity index (χ4n) is 0. The van der Waals surface area contributed by atoms with Gasteiger partial charge in [-0.3, -0.25) is 0 Å². The Morgan fingerprint density at radius 3 is 0.800 bits per heavy atom. The number of rotatable bonds is 0. The van der Waals surface area contributed by atoms with Gasteiger partial charge in [0.25, 0.3) is 0 Å². The summed E-state index contributed by atoms with van der Waals surface area (Å²) in [6.07, 6.45) is 0. The quantitative estimate of drug-likeness (QED) is 0.517. The van der Waals surface area contributed by atoms with Gasteiger partial charge in [-0.25, -0.2) is 0 Å². The van der Waals surface area contributed by atoms with Gasteiger partial charge in [0.2, 0.25) is 0 Å². The summed E-state index contributed by atoms with van der Waals surface area (Å²) in [4.78, 5) is 0. The molecule has 0 fully saturated rings. The molecule has 0 aliphatic rings. The van der Waals surface area contributed by atoms with Crippen molar-refractivity contribution in [2.75, 3.05) is 0 Å². The maximum Gasteiger partial charge on any atom is 4.00 e. The summed E-state index contributed by atoms with van der Waals surface area (Å²) < 4.78 is 0. The van der Waals surface area contributed by atoms with Gasteiger partial charge in [-0.1, -0.05) is 0 Å². The van der Waals surface area contributed by atoms with Crippen LogP contribution in [0.2, 0.25) is 0 Å². The van der Waals surface area contributed by atoms with E-state index in [0.29, 0.717) is 0 Å².